The first-order chi connectivity index (χ1) is 14.4. The van der Waals surface area contributed by atoms with Crippen molar-refractivity contribution in [2.45, 2.75) is 130 Å². The van der Waals surface area contributed by atoms with Gasteiger partial charge < -0.3 is 0 Å². The van der Waals surface area contributed by atoms with Gasteiger partial charge in [-0.15, -0.1) is 0 Å². The maximum absolute atomic E-state index is 5.57. The molecule has 0 fully saturated rings. The van der Waals surface area contributed by atoms with Gasteiger partial charge in [0.25, 0.3) is 0 Å². The number of rotatable bonds is 13. The molecule has 0 aromatic rings. The molecular formula is C28H52NPTi. The summed E-state index contributed by atoms with van der Waals surface area (Å²) in [4.78, 5) is 0. The topological polar surface area (TPSA) is 12.4 Å². The Balaban J connectivity index is 0. The third-order valence-corrected chi connectivity index (χ3v) is 11.8. The standard InChI is InChI=1S/C20H38NP.C8H14.Ti/c1-7-12-17(4)22(18(5)13-8-2,19(6)14-9-3)21-20-15-10-11-16-20;1-3-5-7-8-6-4-2;/h10-11,15,17-19H,7-9,12-14,16H2,1-6H3;5-8H,3-4H2,1-2H3;. The fraction of sp³-hybridized carbons (Fsp3) is 0.714. The fourth-order valence-corrected chi connectivity index (χ4v) is 10.4. The van der Waals surface area contributed by atoms with E-state index in [1.54, 1.807) is 0 Å². The van der Waals surface area contributed by atoms with E-state index in [9.17, 15) is 0 Å². The van der Waals surface area contributed by atoms with E-state index in [4.69, 9.17) is 4.74 Å². The van der Waals surface area contributed by atoms with E-state index in [2.05, 4.69) is 97.9 Å². The van der Waals surface area contributed by atoms with Gasteiger partial charge in [0.1, 0.15) is 0 Å². The summed E-state index contributed by atoms with van der Waals surface area (Å²) in [5.74, 6) is 0. The zero-order valence-electron chi connectivity index (χ0n) is 22.0. The summed E-state index contributed by atoms with van der Waals surface area (Å²) in [6, 6.07) is 0. The zero-order valence-corrected chi connectivity index (χ0v) is 24.5. The van der Waals surface area contributed by atoms with Gasteiger partial charge in [-0.25, -0.2) is 0 Å². The molecule has 0 aliphatic heterocycles. The molecule has 0 amide bonds. The second kappa shape index (κ2) is 20.5. The molecule has 0 aromatic heterocycles. The van der Waals surface area contributed by atoms with Crippen LogP contribution in [0.1, 0.15) is 113 Å². The number of allylic oxidation sites excluding steroid dienone is 7. The summed E-state index contributed by atoms with van der Waals surface area (Å²) in [6.07, 6.45) is 26.3. The monoisotopic (exact) mass is 481 g/mol. The first kappa shape index (κ1) is 33.1. The minimum atomic E-state index is -1.35. The Kier molecular flexibility index (Phi) is 21.9. The van der Waals surface area contributed by atoms with Crippen molar-refractivity contribution in [3.8, 4) is 0 Å². The average Bonchev–Trinajstić information content (AvgIpc) is 3.23. The Morgan fingerprint density at radius 3 is 1.52 bits per heavy atom. The van der Waals surface area contributed by atoms with Crippen molar-refractivity contribution >= 4 is 7.05 Å². The molecular weight excluding hydrogens is 429 g/mol. The molecule has 0 radical (unpaired) electrons. The average molecular weight is 482 g/mol. The van der Waals surface area contributed by atoms with Gasteiger partial charge in [-0.1, -0.05) is 111 Å². The maximum atomic E-state index is 5.57. The van der Waals surface area contributed by atoms with Gasteiger partial charge in [0.05, 0.1) is 0 Å². The molecule has 0 N–H and O–H groups in total. The van der Waals surface area contributed by atoms with Crippen LogP contribution in [0, 0.1) is 0 Å². The molecule has 178 valence electrons. The predicted molar refractivity (Wildman–Crippen MR) is 143 cm³/mol. The number of nitrogens with zero attached hydrogens (tertiary/aromatic N) is 1. The van der Waals surface area contributed by atoms with Crippen LogP contribution in [0.2, 0.25) is 0 Å². The first-order valence-electron chi connectivity index (χ1n) is 12.7. The number of hydrogen-bond donors (Lipinski definition) is 0. The second-order valence-electron chi connectivity index (χ2n) is 8.77. The smallest absolute Gasteiger partial charge is 0.0425 e. The van der Waals surface area contributed by atoms with Crippen molar-refractivity contribution in [1.82, 2.24) is 0 Å². The molecule has 0 spiro atoms. The molecule has 1 nitrogen and oxygen atoms in total. The minimum absolute atomic E-state index is 0. The van der Waals surface area contributed by atoms with Gasteiger partial charge in [0, 0.05) is 33.8 Å². The second-order valence-corrected chi connectivity index (χ2v) is 13.2. The molecule has 0 saturated heterocycles. The molecule has 1 rings (SSSR count). The largest absolute Gasteiger partial charge is 0.271 e. The van der Waals surface area contributed by atoms with Crippen LogP contribution in [0.5, 0.6) is 0 Å². The molecule has 31 heavy (non-hydrogen) atoms. The fourth-order valence-electron chi connectivity index (χ4n) is 4.63. The first-order valence-corrected chi connectivity index (χ1v) is 14.7. The van der Waals surface area contributed by atoms with Gasteiger partial charge in [-0.3, -0.25) is 4.74 Å². The Labute approximate surface area is 211 Å². The van der Waals surface area contributed by atoms with E-state index in [0.717, 1.165) is 36.2 Å². The van der Waals surface area contributed by atoms with E-state index >= 15 is 0 Å². The molecule has 3 atom stereocenters. The van der Waals surface area contributed by atoms with Crippen LogP contribution in [-0.2, 0) is 21.7 Å². The normalized spacial score (nSPS) is 18.0. The van der Waals surface area contributed by atoms with Gasteiger partial charge in [0.2, 0.25) is 0 Å². The molecule has 3 heteroatoms. The SMILES string of the molecule is CCC=CC=CCC.CCCC(C)P(=NC1=CC=CC1)(C(C)CCC)C(C)CCC.[Ti]. The van der Waals surface area contributed by atoms with Crippen molar-refractivity contribution in [3.63, 3.8) is 0 Å². The molecule has 0 heterocycles. The third-order valence-electron chi connectivity index (χ3n) is 6.15. The summed E-state index contributed by atoms with van der Waals surface area (Å²) < 4.78 is 5.57. The summed E-state index contributed by atoms with van der Waals surface area (Å²) in [5, 5.41) is 0. The Morgan fingerprint density at radius 2 is 1.23 bits per heavy atom. The van der Waals surface area contributed by atoms with Crippen LogP contribution in [0.15, 0.2) is 53.0 Å². The molecule has 0 aromatic carbocycles. The predicted octanol–water partition coefficient (Wildman–Crippen LogP) is 10.5. The Bertz CT molecular complexity index is 550. The van der Waals surface area contributed by atoms with Gasteiger partial charge in [-0.2, -0.15) is 0 Å². The third kappa shape index (κ3) is 12.1. The van der Waals surface area contributed by atoms with Crippen LogP contribution in [0.4, 0.5) is 0 Å². The van der Waals surface area contributed by atoms with Crippen molar-refractivity contribution in [3.05, 3.63) is 48.2 Å². The quantitative estimate of drug-likeness (QED) is 0.141. The van der Waals surface area contributed by atoms with Gasteiger partial charge in [-0.05, 0) is 62.2 Å². The molecule has 1 aliphatic rings. The maximum Gasteiger partial charge on any atom is 0.0425 e. The zero-order chi connectivity index (χ0) is 22.8. The van der Waals surface area contributed by atoms with Crippen molar-refractivity contribution < 1.29 is 21.7 Å². The van der Waals surface area contributed by atoms with Crippen LogP contribution in [0.25, 0.3) is 0 Å². The van der Waals surface area contributed by atoms with E-state index in [1.807, 2.05) is 0 Å². The van der Waals surface area contributed by atoms with E-state index in [1.165, 1.54) is 44.2 Å². The summed E-state index contributed by atoms with van der Waals surface area (Å²) in [7, 11) is -1.35. The molecule has 3 unspecified atom stereocenters. The van der Waals surface area contributed by atoms with Crippen LogP contribution in [0.3, 0.4) is 0 Å². The minimum Gasteiger partial charge on any atom is -0.271 e. The van der Waals surface area contributed by atoms with Crippen LogP contribution in [-0.4, -0.2) is 17.0 Å². The van der Waals surface area contributed by atoms with Crippen molar-refractivity contribution in [2.24, 2.45) is 4.74 Å². The number of hydrogen-bond acceptors (Lipinski definition) is 1. The Morgan fingerprint density at radius 1 is 0.806 bits per heavy atom. The Hall–Kier alpha value is -0.0957. The molecule has 0 saturated carbocycles. The summed E-state index contributed by atoms with van der Waals surface area (Å²) in [5.41, 5.74) is 3.65. The van der Waals surface area contributed by atoms with Crippen LogP contribution >= 0.6 is 7.05 Å². The van der Waals surface area contributed by atoms with Crippen molar-refractivity contribution in [2.75, 3.05) is 0 Å². The summed E-state index contributed by atoms with van der Waals surface area (Å²) >= 11 is 0. The summed E-state index contributed by atoms with van der Waals surface area (Å²) in [6.45, 7) is 18.8. The van der Waals surface area contributed by atoms with Crippen LogP contribution < -0.4 is 0 Å². The van der Waals surface area contributed by atoms with Crippen molar-refractivity contribution in [1.29, 1.82) is 0 Å². The van der Waals surface area contributed by atoms with Gasteiger partial charge >= 0.3 is 0 Å². The van der Waals surface area contributed by atoms with E-state index in [-0.39, 0.29) is 21.7 Å². The van der Waals surface area contributed by atoms with Gasteiger partial charge in [0.15, 0.2) is 0 Å². The van der Waals surface area contributed by atoms with E-state index < -0.39 is 7.05 Å². The molecule has 0 bridgehead atoms. The van der Waals surface area contributed by atoms with E-state index in [0.29, 0.717) is 0 Å². The molecule has 1 aliphatic carbocycles.